The van der Waals surface area contributed by atoms with Crippen molar-refractivity contribution < 1.29 is 4.79 Å². The number of carbonyl (C=O) groups excluding carboxylic acids is 1. The molecule has 4 nitrogen and oxygen atoms in total. The first-order valence-electron chi connectivity index (χ1n) is 6.38. The number of nitrogens with one attached hydrogen (secondary N) is 1. The van der Waals surface area contributed by atoms with E-state index in [-0.39, 0.29) is 12.5 Å². The predicted octanol–water partition coefficient (Wildman–Crippen LogP) is 2.74. The Morgan fingerprint density at radius 3 is 2.84 bits per heavy atom. The van der Waals surface area contributed by atoms with Crippen molar-refractivity contribution >= 4 is 27.5 Å². The number of hydrogen-bond donors (Lipinski definition) is 1. The van der Waals surface area contributed by atoms with E-state index < -0.39 is 0 Å². The molecule has 0 saturated heterocycles. The third-order valence-electron chi connectivity index (χ3n) is 3.18. The molecule has 1 aromatic rings. The van der Waals surface area contributed by atoms with Crippen LogP contribution in [0.15, 0.2) is 22.7 Å². The minimum atomic E-state index is 0.126. The molecule has 5 heteroatoms. The summed E-state index contributed by atoms with van der Waals surface area (Å²) in [4.78, 5) is 14.0. The van der Waals surface area contributed by atoms with Crippen LogP contribution in [0, 0.1) is 11.3 Å². The van der Waals surface area contributed by atoms with E-state index in [0.717, 1.165) is 29.5 Å². The molecule has 0 atom stereocenters. The fraction of sp³-hybridized carbons (Fsp3) is 0.429. The van der Waals surface area contributed by atoms with Gasteiger partial charge in [0, 0.05) is 22.7 Å². The third-order valence-corrected chi connectivity index (χ3v) is 3.83. The molecule has 1 saturated carbocycles. The zero-order chi connectivity index (χ0) is 13.8. The molecule has 19 heavy (non-hydrogen) atoms. The first-order chi connectivity index (χ1) is 9.15. The first-order valence-corrected chi connectivity index (χ1v) is 7.18. The molecule has 0 bridgehead atoms. The van der Waals surface area contributed by atoms with Crippen molar-refractivity contribution in [2.24, 2.45) is 0 Å². The zero-order valence-corrected chi connectivity index (χ0v) is 12.4. The Morgan fingerprint density at radius 1 is 1.58 bits per heavy atom. The number of hydrogen-bond acceptors (Lipinski definition) is 3. The van der Waals surface area contributed by atoms with Crippen LogP contribution in [0.5, 0.6) is 0 Å². The summed E-state index contributed by atoms with van der Waals surface area (Å²) in [6.45, 7) is 3.06. The van der Waals surface area contributed by atoms with Crippen molar-refractivity contribution in [2.75, 3.05) is 18.4 Å². The van der Waals surface area contributed by atoms with Gasteiger partial charge in [-0.25, -0.2) is 0 Å². The Labute approximate surface area is 121 Å². The number of halogens is 1. The number of nitrogens with zero attached hydrogens (tertiary/aromatic N) is 2. The minimum Gasteiger partial charge on any atom is -0.375 e. The minimum absolute atomic E-state index is 0.126. The van der Waals surface area contributed by atoms with Crippen LogP contribution in [-0.4, -0.2) is 29.9 Å². The Hall–Kier alpha value is -1.54. The maximum absolute atomic E-state index is 12.1. The lowest BCUT2D eigenvalue weighted by molar-refractivity contribution is -0.129. The normalized spacial score (nSPS) is 13.7. The second-order valence-corrected chi connectivity index (χ2v) is 5.43. The predicted molar refractivity (Wildman–Crippen MR) is 77.8 cm³/mol. The van der Waals surface area contributed by atoms with E-state index in [4.69, 9.17) is 5.26 Å². The number of carbonyl (C=O) groups is 1. The molecule has 2 rings (SSSR count). The van der Waals surface area contributed by atoms with Gasteiger partial charge in [0.2, 0.25) is 5.91 Å². The Balaban J connectivity index is 1.95. The SMILES string of the molecule is CCN(C(=O)CNc1ccc(C#N)cc1Br)C1CC1. The molecule has 1 aliphatic carbocycles. The lowest BCUT2D eigenvalue weighted by Crippen LogP contribution is -2.37. The highest BCUT2D eigenvalue weighted by molar-refractivity contribution is 9.10. The molecule has 1 N–H and O–H groups in total. The number of likely N-dealkylation sites (N-methyl/N-ethyl adjacent to an activating group) is 1. The standard InChI is InChI=1S/C14H16BrN3O/c1-2-18(11-4-5-11)14(19)9-17-13-6-3-10(8-16)7-12(13)15/h3,6-7,11,17H,2,4-5,9H2,1H3. The lowest BCUT2D eigenvalue weighted by Gasteiger charge is -2.21. The van der Waals surface area contributed by atoms with E-state index in [1.54, 1.807) is 12.1 Å². The summed E-state index contributed by atoms with van der Waals surface area (Å²) >= 11 is 3.39. The van der Waals surface area contributed by atoms with Crippen LogP contribution >= 0.6 is 15.9 Å². The molecule has 0 unspecified atom stereocenters. The van der Waals surface area contributed by atoms with Gasteiger partial charge < -0.3 is 10.2 Å². The van der Waals surface area contributed by atoms with E-state index in [1.807, 2.05) is 17.9 Å². The molecule has 0 heterocycles. The maximum atomic E-state index is 12.1. The van der Waals surface area contributed by atoms with Gasteiger partial charge in [-0.15, -0.1) is 0 Å². The zero-order valence-electron chi connectivity index (χ0n) is 10.8. The van der Waals surface area contributed by atoms with Crippen LogP contribution < -0.4 is 5.32 Å². The molecule has 0 aromatic heterocycles. The van der Waals surface area contributed by atoms with Gasteiger partial charge in [0.05, 0.1) is 18.2 Å². The summed E-state index contributed by atoms with van der Waals surface area (Å²) < 4.78 is 0.800. The molecule has 1 aromatic carbocycles. The lowest BCUT2D eigenvalue weighted by atomic mass is 10.2. The van der Waals surface area contributed by atoms with Gasteiger partial charge in [0.1, 0.15) is 0 Å². The number of rotatable bonds is 5. The van der Waals surface area contributed by atoms with Gasteiger partial charge in [-0.1, -0.05) is 0 Å². The fourth-order valence-electron chi connectivity index (χ4n) is 2.02. The molecular weight excluding hydrogens is 306 g/mol. The average molecular weight is 322 g/mol. The summed E-state index contributed by atoms with van der Waals surface area (Å²) in [6, 6.07) is 7.81. The number of amides is 1. The highest BCUT2D eigenvalue weighted by Gasteiger charge is 2.30. The molecule has 100 valence electrons. The summed E-state index contributed by atoms with van der Waals surface area (Å²) in [5.74, 6) is 0.126. The molecule has 0 aliphatic heterocycles. The molecule has 1 aliphatic rings. The van der Waals surface area contributed by atoms with Crippen molar-refractivity contribution in [3.05, 3.63) is 28.2 Å². The quantitative estimate of drug-likeness (QED) is 0.907. The molecule has 1 fully saturated rings. The summed E-state index contributed by atoms with van der Waals surface area (Å²) in [7, 11) is 0. The molecule has 0 radical (unpaired) electrons. The fourth-order valence-corrected chi connectivity index (χ4v) is 2.54. The van der Waals surface area contributed by atoms with Crippen LogP contribution in [0.4, 0.5) is 5.69 Å². The van der Waals surface area contributed by atoms with Crippen molar-refractivity contribution in [3.8, 4) is 6.07 Å². The molecule has 0 spiro atoms. The van der Waals surface area contributed by atoms with Gasteiger partial charge in [-0.3, -0.25) is 4.79 Å². The van der Waals surface area contributed by atoms with Crippen LogP contribution in [0.2, 0.25) is 0 Å². The average Bonchev–Trinajstić information content (AvgIpc) is 3.22. The van der Waals surface area contributed by atoms with E-state index in [1.165, 1.54) is 0 Å². The Kier molecular flexibility index (Phi) is 4.43. The van der Waals surface area contributed by atoms with Gasteiger partial charge in [-0.05, 0) is 53.9 Å². The maximum Gasteiger partial charge on any atom is 0.242 e. The van der Waals surface area contributed by atoms with Gasteiger partial charge in [0.15, 0.2) is 0 Å². The van der Waals surface area contributed by atoms with Crippen molar-refractivity contribution in [3.63, 3.8) is 0 Å². The van der Waals surface area contributed by atoms with Crippen LogP contribution in [0.3, 0.4) is 0 Å². The Bertz CT molecular complexity index is 520. The van der Waals surface area contributed by atoms with E-state index in [9.17, 15) is 4.79 Å². The van der Waals surface area contributed by atoms with Crippen LogP contribution in [0.25, 0.3) is 0 Å². The van der Waals surface area contributed by atoms with Crippen LogP contribution in [0.1, 0.15) is 25.3 Å². The topological polar surface area (TPSA) is 56.1 Å². The number of benzene rings is 1. The van der Waals surface area contributed by atoms with E-state index in [2.05, 4.69) is 27.3 Å². The third kappa shape index (κ3) is 3.48. The van der Waals surface area contributed by atoms with Crippen LogP contribution in [-0.2, 0) is 4.79 Å². The van der Waals surface area contributed by atoms with Gasteiger partial charge in [0.25, 0.3) is 0 Å². The monoisotopic (exact) mass is 321 g/mol. The summed E-state index contributed by atoms with van der Waals surface area (Å²) in [6.07, 6.45) is 2.25. The second-order valence-electron chi connectivity index (χ2n) is 4.57. The van der Waals surface area contributed by atoms with Crippen molar-refractivity contribution in [2.45, 2.75) is 25.8 Å². The van der Waals surface area contributed by atoms with Crippen molar-refractivity contribution in [1.82, 2.24) is 4.90 Å². The first kappa shape index (κ1) is 13.9. The summed E-state index contributed by atoms with van der Waals surface area (Å²) in [5, 5.41) is 11.9. The van der Waals surface area contributed by atoms with E-state index >= 15 is 0 Å². The summed E-state index contributed by atoms with van der Waals surface area (Å²) in [5.41, 5.74) is 1.43. The second kappa shape index (κ2) is 6.07. The number of nitriles is 1. The van der Waals surface area contributed by atoms with Crippen molar-refractivity contribution in [1.29, 1.82) is 5.26 Å². The molecule has 1 amide bonds. The highest BCUT2D eigenvalue weighted by atomic mass is 79.9. The van der Waals surface area contributed by atoms with Gasteiger partial charge in [-0.2, -0.15) is 5.26 Å². The van der Waals surface area contributed by atoms with Gasteiger partial charge >= 0.3 is 0 Å². The largest absolute Gasteiger partial charge is 0.375 e. The molecular formula is C14H16BrN3O. The van der Waals surface area contributed by atoms with E-state index in [0.29, 0.717) is 11.6 Å². The number of anilines is 1. The smallest absolute Gasteiger partial charge is 0.242 e. The Morgan fingerprint density at radius 2 is 2.32 bits per heavy atom. The highest BCUT2D eigenvalue weighted by Crippen LogP contribution is 2.27.